The highest BCUT2D eigenvalue weighted by Crippen LogP contribution is 2.52. The van der Waals surface area contributed by atoms with Gasteiger partial charge in [0.25, 0.3) is 0 Å². The van der Waals surface area contributed by atoms with Crippen molar-refractivity contribution in [1.82, 2.24) is 0 Å². The lowest BCUT2D eigenvalue weighted by Gasteiger charge is -2.29. The fraction of sp³-hybridized carbons (Fsp3) is 0. The topological polar surface area (TPSA) is 12.5 Å². The first-order chi connectivity index (χ1) is 25.8. The standard InChI is InChI=1S/C50H31NO/c1-3-12-34-28-38(23-20-32(34)10-1)51(39-24-21-33-11-2-4-13-35(33)29-39)47-26-27-48-50-44(18-9-19-45(47)50)43-25-22-37(31-49(43)52-48)46-30-36-14-5-6-15-40(36)41-16-7-8-17-42(41)46/h1-31H. The Morgan fingerprint density at radius 3 is 1.67 bits per heavy atom. The predicted molar refractivity (Wildman–Crippen MR) is 220 cm³/mol. The monoisotopic (exact) mass is 661 g/mol. The zero-order valence-corrected chi connectivity index (χ0v) is 28.3. The van der Waals surface area contributed by atoms with Crippen molar-refractivity contribution >= 4 is 70.9 Å². The van der Waals surface area contributed by atoms with E-state index in [1.54, 1.807) is 0 Å². The lowest BCUT2D eigenvalue weighted by atomic mass is 9.90. The zero-order valence-electron chi connectivity index (χ0n) is 28.3. The molecule has 0 atom stereocenters. The molecule has 1 aliphatic heterocycles. The molecule has 52 heavy (non-hydrogen) atoms. The first-order valence-corrected chi connectivity index (χ1v) is 17.8. The van der Waals surface area contributed by atoms with Gasteiger partial charge >= 0.3 is 0 Å². The van der Waals surface area contributed by atoms with Crippen LogP contribution in [0.3, 0.4) is 0 Å². The van der Waals surface area contributed by atoms with Crippen LogP contribution in [0.1, 0.15) is 0 Å². The summed E-state index contributed by atoms with van der Waals surface area (Å²) in [5, 5.41) is 12.2. The first kappa shape index (κ1) is 28.9. The molecular formula is C50H31NO. The number of rotatable bonds is 4. The second kappa shape index (κ2) is 11.3. The van der Waals surface area contributed by atoms with Crippen molar-refractivity contribution in [2.45, 2.75) is 0 Å². The summed E-state index contributed by atoms with van der Waals surface area (Å²) < 4.78 is 6.85. The number of hydrogen-bond donors (Lipinski definition) is 0. The molecule has 1 aliphatic rings. The van der Waals surface area contributed by atoms with Gasteiger partial charge in [0.2, 0.25) is 0 Å². The molecule has 0 spiro atoms. The number of anilines is 3. The molecule has 1 heterocycles. The highest BCUT2D eigenvalue weighted by Gasteiger charge is 2.25. The summed E-state index contributed by atoms with van der Waals surface area (Å²) in [5.74, 6) is 1.75. The van der Waals surface area contributed by atoms with Gasteiger partial charge in [0.1, 0.15) is 11.5 Å². The van der Waals surface area contributed by atoms with Crippen molar-refractivity contribution in [2.75, 3.05) is 4.90 Å². The summed E-state index contributed by atoms with van der Waals surface area (Å²) in [7, 11) is 0. The summed E-state index contributed by atoms with van der Waals surface area (Å²) in [6, 6.07) is 68.0. The van der Waals surface area contributed by atoms with Crippen LogP contribution in [0.15, 0.2) is 188 Å². The van der Waals surface area contributed by atoms with Crippen molar-refractivity contribution in [1.29, 1.82) is 0 Å². The van der Waals surface area contributed by atoms with E-state index in [2.05, 4.69) is 193 Å². The van der Waals surface area contributed by atoms with E-state index in [0.29, 0.717) is 0 Å². The summed E-state index contributed by atoms with van der Waals surface area (Å²) in [6.45, 7) is 0. The Hall–Kier alpha value is -6.90. The smallest absolute Gasteiger partial charge is 0.136 e. The van der Waals surface area contributed by atoms with Crippen LogP contribution in [0.4, 0.5) is 17.1 Å². The van der Waals surface area contributed by atoms with Gasteiger partial charge in [-0.25, -0.2) is 0 Å². The van der Waals surface area contributed by atoms with Crippen LogP contribution in [0, 0.1) is 0 Å². The molecule has 10 aromatic carbocycles. The number of benzene rings is 10. The number of nitrogens with zero attached hydrogens (tertiary/aromatic N) is 1. The van der Waals surface area contributed by atoms with Crippen molar-refractivity contribution in [3.05, 3.63) is 188 Å². The molecule has 2 heteroatoms. The quantitative estimate of drug-likeness (QED) is 0.174. The molecule has 0 N–H and O–H groups in total. The summed E-state index contributed by atoms with van der Waals surface area (Å²) >= 11 is 0. The summed E-state index contributed by atoms with van der Waals surface area (Å²) in [6.07, 6.45) is 0. The maximum Gasteiger partial charge on any atom is 0.136 e. The molecule has 0 radical (unpaired) electrons. The van der Waals surface area contributed by atoms with Crippen LogP contribution in [-0.4, -0.2) is 0 Å². The van der Waals surface area contributed by atoms with E-state index in [-0.39, 0.29) is 0 Å². The van der Waals surface area contributed by atoms with E-state index in [1.807, 2.05) is 0 Å². The molecule has 11 rings (SSSR count). The van der Waals surface area contributed by atoms with E-state index < -0.39 is 0 Å². The van der Waals surface area contributed by atoms with Crippen LogP contribution in [0.2, 0.25) is 0 Å². The van der Waals surface area contributed by atoms with Gasteiger partial charge in [0.15, 0.2) is 0 Å². The second-order valence-corrected chi connectivity index (χ2v) is 13.7. The molecule has 242 valence electrons. The van der Waals surface area contributed by atoms with E-state index in [4.69, 9.17) is 4.74 Å². The minimum Gasteiger partial charge on any atom is -0.456 e. The average molecular weight is 662 g/mol. The molecule has 0 aliphatic carbocycles. The molecule has 0 saturated heterocycles. The minimum atomic E-state index is 0.874. The van der Waals surface area contributed by atoms with Gasteiger partial charge in [0, 0.05) is 27.7 Å². The third-order valence-corrected chi connectivity index (χ3v) is 10.8. The lowest BCUT2D eigenvalue weighted by molar-refractivity contribution is 0.487. The molecule has 0 unspecified atom stereocenters. The Morgan fingerprint density at radius 1 is 0.327 bits per heavy atom. The molecule has 10 aromatic rings. The van der Waals surface area contributed by atoms with E-state index in [1.165, 1.54) is 54.2 Å². The van der Waals surface area contributed by atoms with Crippen LogP contribution < -0.4 is 9.64 Å². The Kier molecular flexibility index (Phi) is 6.28. The lowest BCUT2D eigenvalue weighted by Crippen LogP contribution is -2.11. The second-order valence-electron chi connectivity index (χ2n) is 13.7. The predicted octanol–water partition coefficient (Wildman–Crippen LogP) is 14.4. The molecule has 0 amide bonds. The molecular weight excluding hydrogens is 631 g/mol. The zero-order chi connectivity index (χ0) is 34.2. The van der Waals surface area contributed by atoms with Gasteiger partial charge in [-0.2, -0.15) is 0 Å². The van der Waals surface area contributed by atoms with Gasteiger partial charge in [-0.15, -0.1) is 0 Å². The van der Waals surface area contributed by atoms with Crippen molar-refractivity contribution in [3.63, 3.8) is 0 Å². The number of fused-ring (bicyclic) bond motifs is 7. The fourth-order valence-corrected chi connectivity index (χ4v) is 8.33. The largest absolute Gasteiger partial charge is 0.456 e. The van der Waals surface area contributed by atoms with Gasteiger partial charge < -0.3 is 9.64 Å². The van der Waals surface area contributed by atoms with Crippen LogP contribution >= 0.6 is 0 Å². The van der Waals surface area contributed by atoms with Crippen LogP contribution in [0.25, 0.3) is 76.1 Å². The molecule has 0 saturated carbocycles. The van der Waals surface area contributed by atoms with Gasteiger partial charge in [0.05, 0.1) is 5.69 Å². The van der Waals surface area contributed by atoms with E-state index in [0.717, 1.165) is 50.5 Å². The molecule has 0 bridgehead atoms. The van der Waals surface area contributed by atoms with E-state index in [9.17, 15) is 0 Å². The highest BCUT2D eigenvalue weighted by atomic mass is 16.5. The molecule has 0 fully saturated rings. The van der Waals surface area contributed by atoms with Crippen molar-refractivity contribution in [3.8, 4) is 33.8 Å². The fourth-order valence-electron chi connectivity index (χ4n) is 8.33. The minimum absolute atomic E-state index is 0.874. The summed E-state index contributed by atoms with van der Waals surface area (Å²) in [4.78, 5) is 2.39. The third-order valence-electron chi connectivity index (χ3n) is 10.8. The van der Waals surface area contributed by atoms with Crippen molar-refractivity contribution in [2.24, 2.45) is 0 Å². The molecule has 2 nitrogen and oxygen atoms in total. The normalized spacial score (nSPS) is 12.0. The van der Waals surface area contributed by atoms with Gasteiger partial charge in [-0.3, -0.25) is 0 Å². The third kappa shape index (κ3) is 4.44. The number of ether oxygens (including phenoxy) is 1. The Morgan fingerprint density at radius 2 is 0.942 bits per heavy atom. The van der Waals surface area contributed by atoms with E-state index >= 15 is 0 Å². The Balaban J connectivity index is 1.09. The maximum absolute atomic E-state index is 6.85. The SMILES string of the molecule is c1ccc2cc(N(c3ccc4ccccc4c3)c3ccc4c5c(cccc35)-c3ccc(-c5cc6ccccc6c6ccccc56)cc3O4)ccc2c1. The highest BCUT2D eigenvalue weighted by molar-refractivity contribution is 6.15. The van der Waals surface area contributed by atoms with Gasteiger partial charge in [-0.1, -0.05) is 133 Å². The number of hydrogen-bond acceptors (Lipinski definition) is 2. The van der Waals surface area contributed by atoms with Crippen LogP contribution in [0.5, 0.6) is 11.5 Å². The average Bonchev–Trinajstić information content (AvgIpc) is 3.21. The van der Waals surface area contributed by atoms with Crippen LogP contribution in [-0.2, 0) is 0 Å². The Labute approximate surface area is 301 Å². The maximum atomic E-state index is 6.85. The molecule has 0 aromatic heterocycles. The Bertz CT molecular complexity index is 2990. The van der Waals surface area contributed by atoms with Gasteiger partial charge in [-0.05, 0) is 114 Å². The summed E-state index contributed by atoms with van der Waals surface area (Å²) in [5.41, 5.74) is 7.97. The van der Waals surface area contributed by atoms with Crippen molar-refractivity contribution < 1.29 is 4.74 Å². The first-order valence-electron chi connectivity index (χ1n) is 17.8.